The van der Waals surface area contributed by atoms with Crippen molar-refractivity contribution < 1.29 is 0 Å². The van der Waals surface area contributed by atoms with Crippen LogP contribution in [-0.4, -0.2) is 26.2 Å². The van der Waals surface area contributed by atoms with Crippen molar-refractivity contribution in [3.8, 4) is 0 Å². The van der Waals surface area contributed by atoms with E-state index in [1.807, 2.05) is 0 Å². The van der Waals surface area contributed by atoms with Crippen molar-refractivity contribution in [2.75, 3.05) is 25.0 Å². The quantitative estimate of drug-likeness (QED) is 0.843. The van der Waals surface area contributed by atoms with E-state index >= 15 is 0 Å². The summed E-state index contributed by atoms with van der Waals surface area (Å²) in [5.41, 5.74) is 3.17. The molecule has 1 heterocycles. The van der Waals surface area contributed by atoms with Crippen molar-refractivity contribution in [3.63, 3.8) is 0 Å². The first kappa shape index (κ1) is 12.4. The third kappa shape index (κ3) is 2.47. The molecule has 1 aliphatic heterocycles. The van der Waals surface area contributed by atoms with Crippen LogP contribution in [0, 0.1) is 12.3 Å². The number of hydrogen-bond acceptors (Lipinski definition) is 2. The van der Waals surface area contributed by atoms with Crippen LogP contribution in [0.25, 0.3) is 0 Å². The topological polar surface area (TPSA) is 15.3 Å². The number of anilines is 1. The Bertz CT molecular complexity index is 384. The van der Waals surface area contributed by atoms with E-state index in [1.165, 1.54) is 17.7 Å². The summed E-state index contributed by atoms with van der Waals surface area (Å²) in [6.07, 6.45) is 1.24. The zero-order valence-corrected chi connectivity index (χ0v) is 11.5. The molecule has 94 valence electrons. The highest BCUT2D eigenvalue weighted by Gasteiger charge is 2.34. The molecule has 0 bridgehead atoms. The number of aryl methyl sites for hydroxylation is 1. The van der Waals surface area contributed by atoms with E-state index < -0.39 is 0 Å². The zero-order valence-electron chi connectivity index (χ0n) is 11.5. The van der Waals surface area contributed by atoms with Gasteiger partial charge in [0.2, 0.25) is 0 Å². The summed E-state index contributed by atoms with van der Waals surface area (Å²) in [5.74, 6) is 0. The Kier molecular flexibility index (Phi) is 3.43. The fourth-order valence-electron chi connectivity index (χ4n) is 2.78. The van der Waals surface area contributed by atoms with Crippen molar-refractivity contribution in [1.29, 1.82) is 0 Å². The second kappa shape index (κ2) is 4.69. The number of nitrogens with one attached hydrogen (secondary N) is 1. The molecule has 1 fully saturated rings. The van der Waals surface area contributed by atoms with Gasteiger partial charge in [-0.15, -0.1) is 0 Å². The van der Waals surface area contributed by atoms with Gasteiger partial charge in [-0.1, -0.05) is 32.0 Å². The van der Waals surface area contributed by atoms with Crippen LogP contribution in [0.15, 0.2) is 24.3 Å². The number of likely N-dealkylation sites (N-methyl/N-ethyl adjacent to an activating group) is 1. The normalized spacial score (nSPS) is 23.8. The van der Waals surface area contributed by atoms with Gasteiger partial charge < -0.3 is 10.2 Å². The first-order valence-corrected chi connectivity index (χ1v) is 6.52. The maximum atomic E-state index is 3.47. The molecule has 0 saturated carbocycles. The lowest BCUT2D eigenvalue weighted by molar-refractivity contribution is 0.208. The van der Waals surface area contributed by atoms with E-state index in [-0.39, 0.29) is 0 Å². The van der Waals surface area contributed by atoms with Gasteiger partial charge in [-0.2, -0.15) is 0 Å². The summed E-state index contributed by atoms with van der Waals surface area (Å²) in [5, 5.41) is 3.47. The van der Waals surface area contributed by atoms with E-state index in [9.17, 15) is 0 Å². The first-order valence-electron chi connectivity index (χ1n) is 6.52. The monoisotopic (exact) mass is 232 g/mol. The second-order valence-electron chi connectivity index (χ2n) is 5.81. The summed E-state index contributed by atoms with van der Waals surface area (Å²) in [4.78, 5) is 2.52. The van der Waals surface area contributed by atoms with Crippen LogP contribution in [0.2, 0.25) is 0 Å². The van der Waals surface area contributed by atoms with Crippen molar-refractivity contribution in [2.24, 2.45) is 5.41 Å². The summed E-state index contributed by atoms with van der Waals surface area (Å²) in [6, 6.07) is 9.25. The van der Waals surface area contributed by atoms with Crippen LogP contribution in [0.1, 0.15) is 25.8 Å². The van der Waals surface area contributed by atoms with Gasteiger partial charge in [-0.05, 0) is 37.4 Å². The van der Waals surface area contributed by atoms with Gasteiger partial charge in [-0.3, -0.25) is 0 Å². The highest BCUT2D eigenvalue weighted by molar-refractivity contribution is 5.53. The predicted molar refractivity (Wildman–Crippen MR) is 74.6 cm³/mol. The molecule has 1 aliphatic rings. The lowest BCUT2D eigenvalue weighted by Crippen LogP contribution is -2.54. The SMILES string of the molecule is CNC1CN(c2ccccc2C)CCC1(C)C. The Hall–Kier alpha value is -1.02. The number of para-hydroxylation sites is 1. The molecule has 0 aliphatic carbocycles. The lowest BCUT2D eigenvalue weighted by atomic mass is 9.78. The number of piperidine rings is 1. The van der Waals surface area contributed by atoms with E-state index in [0.717, 1.165) is 13.1 Å². The molecular formula is C15H24N2. The smallest absolute Gasteiger partial charge is 0.0396 e. The van der Waals surface area contributed by atoms with Crippen molar-refractivity contribution in [3.05, 3.63) is 29.8 Å². The fourth-order valence-corrected chi connectivity index (χ4v) is 2.78. The average Bonchev–Trinajstić information content (AvgIpc) is 2.30. The van der Waals surface area contributed by atoms with Gasteiger partial charge >= 0.3 is 0 Å². The molecular weight excluding hydrogens is 208 g/mol. The molecule has 0 spiro atoms. The molecule has 1 unspecified atom stereocenters. The van der Waals surface area contributed by atoms with Crippen LogP contribution in [0.3, 0.4) is 0 Å². The van der Waals surface area contributed by atoms with Crippen molar-refractivity contribution >= 4 is 5.69 Å². The molecule has 1 saturated heterocycles. The van der Waals surface area contributed by atoms with Crippen LogP contribution >= 0.6 is 0 Å². The number of hydrogen-bond donors (Lipinski definition) is 1. The molecule has 0 radical (unpaired) electrons. The number of nitrogens with zero attached hydrogens (tertiary/aromatic N) is 1. The van der Waals surface area contributed by atoms with Crippen molar-refractivity contribution in [2.45, 2.75) is 33.2 Å². The van der Waals surface area contributed by atoms with Gasteiger partial charge in [0.15, 0.2) is 0 Å². The Labute approximate surface area is 105 Å². The molecule has 2 rings (SSSR count). The van der Waals surface area contributed by atoms with Crippen LogP contribution in [-0.2, 0) is 0 Å². The van der Waals surface area contributed by atoms with Crippen LogP contribution < -0.4 is 10.2 Å². The lowest BCUT2D eigenvalue weighted by Gasteiger charge is -2.45. The Morgan fingerprint density at radius 1 is 1.29 bits per heavy atom. The van der Waals surface area contributed by atoms with Gasteiger partial charge in [0, 0.05) is 24.8 Å². The molecule has 1 aromatic carbocycles. The molecule has 1 atom stereocenters. The van der Waals surface area contributed by atoms with Gasteiger partial charge in [0.05, 0.1) is 0 Å². The standard InChI is InChI=1S/C15H24N2/c1-12-7-5-6-8-13(12)17-10-9-15(2,3)14(11-17)16-4/h5-8,14,16H,9-11H2,1-4H3. The molecule has 1 aromatic rings. The first-order chi connectivity index (χ1) is 8.04. The number of benzene rings is 1. The molecule has 17 heavy (non-hydrogen) atoms. The minimum Gasteiger partial charge on any atom is -0.370 e. The highest BCUT2D eigenvalue weighted by Crippen LogP contribution is 2.33. The number of rotatable bonds is 2. The van der Waals surface area contributed by atoms with Crippen LogP contribution in [0.5, 0.6) is 0 Å². The Morgan fingerprint density at radius 3 is 2.65 bits per heavy atom. The maximum Gasteiger partial charge on any atom is 0.0396 e. The maximum absolute atomic E-state index is 3.47. The summed E-state index contributed by atoms with van der Waals surface area (Å²) >= 11 is 0. The minimum absolute atomic E-state index is 0.397. The van der Waals surface area contributed by atoms with E-state index in [0.29, 0.717) is 11.5 Å². The summed E-state index contributed by atoms with van der Waals surface area (Å²) < 4.78 is 0. The molecule has 0 aromatic heterocycles. The fraction of sp³-hybridized carbons (Fsp3) is 0.600. The Morgan fingerprint density at radius 2 is 2.00 bits per heavy atom. The Balaban J connectivity index is 2.18. The average molecular weight is 232 g/mol. The summed E-state index contributed by atoms with van der Waals surface area (Å²) in [7, 11) is 2.08. The molecule has 2 heteroatoms. The van der Waals surface area contributed by atoms with Gasteiger partial charge in [-0.25, -0.2) is 0 Å². The largest absolute Gasteiger partial charge is 0.370 e. The third-order valence-electron chi connectivity index (χ3n) is 4.18. The van der Waals surface area contributed by atoms with Gasteiger partial charge in [0.1, 0.15) is 0 Å². The van der Waals surface area contributed by atoms with E-state index in [1.54, 1.807) is 0 Å². The summed E-state index contributed by atoms with van der Waals surface area (Å²) in [6.45, 7) is 9.20. The minimum atomic E-state index is 0.397. The van der Waals surface area contributed by atoms with Crippen LogP contribution in [0.4, 0.5) is 5.69 Å². The van der Waals surface area contributed by atoms with Gasteiger partial charge in [0.25, 0.3) is 0 Å². The molecule has 1 N–H and O–H groups in total. The van der Waals surface area contributed by atoms with Crippen molar-refractivity contribution in [1.82, 2.24) is 5.32 Å². The third-order valence-corrected chi connectivity index (χ3v) is 4.18. The van der Waals surface area contributed by atoms with E-state index in [4.69, 9.17) is 0 Å². The zero-order chi connectivity index (χ0) is 12.5. The molecule has 2 nitrogen and oxygen atoms in total. The predicted octanol–water partition coefficient (Wildman–Crippen LogP) is 2.82. The second-order valence-corrected chi connectivity index (χ2v) is 5.81. The molecule has 0 amide bonds. The van der Waals surface area contributed by atoms with E-state index in [2.05, 4.69) is 62.3 Å². The highest BCUT2D eigenvalue weighted by atomic mass is 15.2.